The third kappa shape index (κ3) is 4.64. The highest BCUT2D eigenvalue weighted by Gasteiger charge is 2.17. The van der Waals surface area contributed by atoms with Crippen LogP contribution in [0.2, 0.25) is 0 Å². The van der Waals surface area contributed by atoms with Crippen molar-refractivity contribution in [3.8, 4) is 11.5 Å². The van der Waals surface area contributed by atoms with Crippen molar-refractivity contribution in [2.75, 3.05) is 7.11 Å². The number of hydrogen-bond donors (Lipinski definition) is 1. The van der Waals surface area contributed by atoms with Gasteiger partial charge in [0.1, 0.15) is 5.01 Å². The molecule has 146 valence electrons. The lowest BCUT2D eigenvalue weighted by molar-refractivity contribution is -0.136. The fourth-order valence-electron chi connectivity index (χ4n) is 2.70. The number of aliphatic carboxylic acids is 1. The molecule has 3 rings (SSSR count). The molecule has 0 fully saturated rings. The molecule has 0 aliphatic heterocycles. The van der Waals surface area contributed by atoms with Gasteiger partial charge in [-0.3, -0.25) is 4.79 Å². The number of ether oxygens (including phenoxy) is 2. The predicted molar refractivity (Wildman–Crippen MR) is 104 cm³/mol. The van der Waals surface area contributed by atoms with E-state index >= 15 is 0 Å². The summed E-state index contributed by atoms with van der Waals surface area (Å²) < 4.78 is 36.5. The van der Waals surface area contributed by atoms with Gasteiger partial charge in [0.25, 0.3) is 0 Å². The van der Waals surface area contributed by atoms with Crippen LogP contribution < -0.4 is 9.47 Å². The molecule has 0 radical (unpaired) electrons. The molecular formula is C20H17F2NO4S. The summed E-state index contributed by atoms with van der Waals surface area (Å²) in [5.41, 5.74) is 1.77. The van der Waals surface area contributed by atoms with Crippen LogP contribution >= 0.6 is 11.3 Å². The van der Waals surface area contributed by atoms with E-state index in [-0.39, 0.29) is 24.3 Å². The van der Waals surface area contributed by atoms with Crippen LogP contribution in [0.25, 0.3) is 21.9 Å². The second-order valence-corrected chi connectivity index (χ2v) is 6.84. The fourth-order valence-corrected chi connectivity index (χ4v) is 3.71. The second-order valence-electron chi connectivity index (χ2n) is 5.81. The van der Waals surface area contributed by atoms with Crippen LogP contribution in [0, 0.1) is 0 Å². The number of methoxy groups -OCH3 is 1. The highest BCUT2D eigenvalue weighted by molar-refractivity contribution is 7.19. The Morgan fingerprint density at radius 3 is 2.68 bits per heavy atom. The molecule has 1 N–H and O–H groups in total. The molecule has 5 nitrogen and oxygen atoms in total. The van der Waals surface area contributed by atoms with Crippen LogP contribution in [0.4, 0.5) is 8.78 Å². The summed E-state index contributed by atoms with van der Waals surface area (Å²) in [6.07, 6.45) is 1.71. The summed E-state index contributed by atoms with van der Waals surface area (Å²) in [4.78, 5) is 15.6. The molecule has 0 aliphatic carbocycles. The van der Waals surface area contributed by atoms with E-state index in [0.29, 0.717) is 16.1 Å². The molecule has 0 bridgehead atoms. The van der Waals surface area contributed by atoms with Gasteiger partial charge in [0.05, 0.1) is 17.3 Å². The van der Waals surface area contributed by atoms with Crippen LogP contribution in [0.3, 0.4) is 0 Å². The van der Waals surface area contributed by atoms with Crippen LogP contribution in [0.1, 0.15) is 23.4 Å². The van der Waals surface area contributed by atoms with Gasteiger partial charge in [0.15, 0.2) is 11.5 Å². The molecule has 0 saturated heterocycles. The minimum atomic E-state index is -3.02. The maximum absolute atomic E-state index is 12.9. The number of rotatable bonds is 8. The summed E-state index contributed by atoms with van der Waals surface area (Å²) in [6.45, 7) is -3.02. The molecule has 0 aliphatic rings. The number of alkyl halides is 2. The van der Waals surface area contributed by atoms with Gasteiger partial charge in [0.2, 0.25) is 0 Å². The molecule has 1 aromatic heterocycles. The maximum Gasteiger partial charge on any atom is 0.387 e. The van der Waals surface area contributed by atoms with Gasteiger partial charge < -0.3 is 14.6 Å². The van der Waals surface area contributed by atoms with Crippen molar-refractivity contribution >= 4 is 39.2 Å². The summed E-state index contributed by atoms with van der Waals surface area (Å²) in [7, 11) is 1.36. The van der Waals surface area contributed by atoms with Gasteiger partial charge in [-0.15, -0.1) is 11.3 Å². The van der Waals surface area contributed by atoms with E-state index in [1.54, 1.807) is 18.2 Å². The molecule has 0 saturated carbocycles. The SMILES string of the molecule is COc1cccc(/C=C(/CCC(=O)O)c2nc3ccccc3s2)c1OC(F)F. The Kier molecular flexibility index (Phi) is 6.20. The second kappa shape index (κ2) is 8.79. The molecule has 0 amide bonds. The van der Waals surface area contributed by atoms with E-state index in [0.717, 1.165) is 10.2 Å². The minimum absolute atomic E-state index is 0.103. The molecule has 2 aromatic carbocycles. The van der Waals surface area contributed by atoms with Crippen molar-refractivity contribution in [2.45, 2.75) is 19.5 Å². The number of nitrogens with zero attached hydrogens (tertiary/aromatic N) is 1. The smallest absolute Gasteiger partial charge is 0.387 e. The number of carbonyl (C=O) groups is 1. The first-order valence-electron chi connectivity index (χ1n) is 8.38. The Hall–Kier alpha value is -3.00. The van der Waals surface area contributed by atoms with Gasteiger partial charge in [-0.2, -0.15) is 8.78 Å². The van der Waals surface area contributed by atoms with Crippen molar-refractivity contribution in [1.82, 2.24) is 4.98 Å². The van der Waals surface area contributed by atoms with E-state index < -0.39 is 12.6 Å². The number of para-hydroxylation sites is 2. The highest BCUT2D eigenvalue weighted by atomic mass is 32.1. The number of aromatic nitrogens is 1. The maximum atomic E-state index is 12.9. The fraction of sp³-hybridized carbons (Fsp3) is 0.200. The zero-order valence-electron chi connectivity index (χ0n) is 14.9. The number of thiazole rings is 1. The minimum Gasteiger partial charge on any atom is -0.493 e. The molecular weight excluding hydrogens is 388 g/mol. The van der Waals surface area contributed by atoms with Gasteiger partial charge in [0, 0.05) is 12.0 Å². The lowest BCUT2D eigenvalue weighted by Crippen LogP contribution is -2.05. The third-order valence-corrected chi connectivity index (χ3v) is 5.05. The van der Waals surface area contributed by atoms with E-state index in [4.69, 9.17) is 9.84 Å². The topological polar surface area (TPSA) is 68.7 Å². The average molecular weight is 405 g/mol. The van der Waals surface area contributed by atoms with Crippen LogP contribution in [-0.2, 0) is 4.79 Å². The summed E-state index contributed by atoms with van der Waals surface area (Å²) in [5, 5.41) is 9.72. The Morgan fingerprint density at radius 1 is 1.21 bits per heavy atom. The van der Waals surface area contributed by atoms with Crippen LogP contribution in [0.5, 0.6) is 11.5 Å². The predicted octanol–water partition coefficient (Wildman–Crippen LogP) is 5.31. The highest BCUT2D eigenvalue weighted by Crippen LogP contribution is 2.37. The standard InChI is InChI=1S/C20H17F2NO4S/c1-26-15-7-4-5-12(18(15)27-20(21)22)11-13(9-10-17(24)25)19-23-14-6-2-3-8-16(14)28-19/h2-8,11,20H,9-10H2,1H3,(H,24,25)/b13-11-. The largest absolute Gasteiger partial charge is 0.493 e. The normalized spacial score (nSPS) is 11.8. The number of halogens is 2. The van der Waals surface area contributed by atoms with Gasteiger partial charge in [-0.1, -0.05) is 24.3 Å². The quantitative estimate of drug-likeness (QED) is 0.550. The average Bonchev–Trinajstić information content (AvgIpc) is 3.09. The summed E-state index contributed by atoms with van der Waals surface area (Å²) in [5.74, 6) is -0.897. The molecule has 3 aromatic rings. The van der Waals surface area contributed by atoms with Crippen molar-refractivity contribution in [3.63, 3.8) is 0 Å². The Morgan fingerprint density at radius 2 is 2.00 bits per heavy atom. The first kappa shape index (κ1) is 19.8. The lowest BCUT2D eigenvalue weighted by atomic mass is 10.1. The van der Waals surface area contributed by atoms with Gasteiger partial charge in [-0.05, 0) is 36.3 Å². The molecule has 8 heteroatoms. The number of carboxylic acid groups (broad SMARTS) is 1. The molecule has 0 atom stereocenters. The number of allylic oxidation sites excluding steroid dienone is 1. The monoisotopic (exact) mass is 405 g/mol. The zero-order chi connectivity index (χ0) is 20.1. The lowest BCUT2D eigenvalue weighted by Gasteiger charge is -2.13. The van der Waals surface area contributed by atoms with E-state index in [1.165, 1.54) is 24.5 Å². The van der Waals surface area contributed by atoms with Crippen molar-refractivity contribution in [2.24, 2.45) is 0 Å². The van der Waals surface area contributed by atoms with Crippen molar-refractivity contribution in [1.29, 1.82) is 0 Å². The number of benzene rings is 2. The Labute approximate surface area is 163 Å². The first-order chi connectivity index (χ1) is 13.5. The van der Waals surface area contributed by atoms with Crippen LogP contribution in [0.15, 0.2) is 42.5 Å². The van der Waals surface area contributed by atoms with Crippen LogP contribution in [-0.4, -0.2) is 29.8 Å². The molecule has 0 spiro atoms. The number of hydrogen-bond acceptors (Lipinski definition) is 5. The number of fused-ring (bicyclic) bond motifs is 1. The van der Waals surface area contributed by atoms with Crippen molar-refractivity contribution < 1.29 is 28.2 Å². The summed E-state index contributed by atoms with van der Waals surface area (Å²) >= 11 is 1.41. The van der Waals surface area contributed by atoms with E-state index in [9.17, 15) is 13.6 Å². The summed E-state index contributed by atoms with van der Waals surface area (Å²) in [6, 6.07) is 12.3. The Bertz CT molecular complexity index is 983. The van der Waals surface area contributed by atoms with E-state index in [1.807, 2.05) is 24.3 Å². The molecule has 1 heterocycles. The number of carboxylic acids is 1. The van der Waals surface area contributed by atoms with Gasteiger partial charge >= 0.3 is 12.6 Å². The molecule has 28 heavy (non-hydrogen) atoms. The Balaban J connectivity index is 2.09. The third-order valence-electron chi connectivity index (χ3n) is 3.94. The van der Waals surface area contributed by atoms with E-state index in [2.05, 4.69) is 9.72 Å². The first-order valence-corrected chi connectivity index (χ1v) is 9.19. The zero-order valence-corrected chi connectivity index (χ0v) is 15.7. The molecule has 0 unspecified atom stereocenters. The van der Waals surface area contributed by atoms with Gasteiger partial charge in [-0.25, -0.2) is 4.98 Å². The van der Waals surface area contributed by atoms with Crippen molar-refractivity contribution in [3.05, 3.63) is 53.0 Å².